The van der Waals surface area contributed by atoms with E-state index in [1.54, 1.807) is 0 Å². The maximum Gasteiger partial charge on any atom is 0.162 e. The Kier molecular flexibility index (Phi) is 4.59. The topological polar surface area (TPSA) is 23.6 Å². The van der Waals surface area contributed by atoms with Gasteiger partial charge < -0.3 is 4.90 Å². The van der Waals surface area contributed by atoms with E-state index in [2.05, 4.69) is 35.9 Å². The van der Waals surface area contributed by atoms with Gasteiger partial charge in [0.1, 0.15) is 0 Å². The molecule has 19 heavy (non-hydrogen) atoms. The molecule has 1 aromatic carbocycles. The van der Waals surface area contributed by atoms with Crippen LogP contribution in [0, 0.1) is 0 Å². The SMILES string of the molecule is CCC(=O)c1ccc(N2CCN(C)C(CC)C2)cc1. The van der Waals surface area contributed by atoms with E-state index in [0.29, 0.717) is 12.5 Å². The van der Waals surface area contributed by atoms with Crippen LogP contribution in [0.3, 0.4) is 0 Å². The van der Waals surface area contributed by atoms with Gasteiger partial charge in [0.25, 0.3) is 0 Å². The van der Waals surface area contributed by atoms with E-state index >= 15 is 0 Å². The third-order valence-electron chi connectivity index (χ3n) is 4.12. The van der Waals surface area contributed by atoms with Crippen LogP contribution in [0.15, 0.2) is 24.3 Å². The van der Waals surface area contributed by atoms with Crippen molar-refractivity contribution < 1.29 is 4.79 Å². The largest absolute Gasteiger partial charge is 0.369 e. The monoisotopic (exact) mass is 260 g/mol. The first kappa shape index (κ1) is 14.1. The van der Waals surface area contributed by atoms with Gasteiger partial charge in [0.15, 0.2) is 5.78 Å². The van der Waals surface area contributed by atoms with Gasteiger partial charge in [-0.25, -0.2) is 0 Å². The Bertz CT molecular complexity index is 427. The van der Waals surface area contributed by atoms with E-state index in [4.69, 9.17) is 0 Å². The van der Waals surface area contributed by atoms with Gasteiger partial charge in [-0.15, -0.1) is 0 Å². The Hall–Kier alpha value is -1.35. The molecule has 0 N–H and O–H groups in total. The van der Waals surface area contributed by atoms with E-state index in [1.165, 1.54) is 12.1 Å². The molecular weight excluding hydrogens is 236 g/mol. The van der Waals surface area contributed by atoms with Gasteiger partial charge in [-0.05, 0) is 37.7 Å². The van der Waals surface area contributed by atoms with E-state index in [-0.39, 0.29) is 5.78 Å². The molecule has 2 rings (SSSR count). The van der Waals surface area contributed by atoms with E-state index < -0.39 is 0 Å². The summed E-state index contributed by atoms with van der Waals surface area (Å²) in [6.07, 6.45) is 1.76. The lowest BCUT2D eigenvalue weighted by molar-refractivity contribution is 0.0988. The second-order valence-corrected chi connectivity index (χ2v) is 5.31. The molecule has 0 amide bonds. The summed E-state index contributed by atoms with van der Waals surface area (Å²) in [7, 11) is 2.20. The van der Waals surface area contributed by atoms with Crippen LogP contribution in [-0.4, -0.2) is 43.4 Å². The predicted octanol–water partition coefficient (Wildman–Crippen LogP) is 2.81. The molecule has 1 aromatic rings. The predicted molar refractivity (Wildman–Crippen MR) is 80.0 cm³/mol. The van der Waals surface area contributed by atoms with Gasteiger partial charge in [0.2, 0.25) is 0 Å². The van der Waals surface area contributed by atoms with Crippen LogP contribution >= 0.6 is 0 Å². The number of carbonyl (C=O) groups is 1. The van der Waals surface area contributed by atoms with Crippen LogP contribution in [0.1, 0.15) is 37.0 Å². The van der Waals surface area contributed by atoms with Gasteiger partial charge in [-0.1, -0.05) is 13.8 Å². The molecule has 104 valence electrons. The average Bonchev–Trinajstić information content (AvgIpc) is 2.47. The molecule has 0 aromatic heterocycles. The number of carbonyl (C=O) groups excluding carboxylic acids is 1. The summed E-state index contributed by atoms with van der Waals surface area (Å²) in [5.41, 5.74) is 2.06. The highest BCUT2D eigenvalue weighted by molar-refractivity contribution is 5.96. The highest BCUT2D eigenvalue weighted by atomic mass is 16.1. The lowest BCUT2D eigenvalue weighted by atomic mass is 10.1. The number of Topliss-reactive ketones (excluding diaryl/α,β-unsaturated/α-hetero) is 1. The number of nitrogens with zero attached hydrogens (tertiary/aromatic N) is 2. The van der Waals surface area contributed by atoms with E-state index in [9.17, 15) is 4.79 Å². The second-order valence-electron chi connectivity index (χ2n) is 5.31. The molecule has 1 atom stereocenters. The Labute approximate surface area is 116 Å². The number of rotatable bonds is 4. The molecule has 1 fully saturated rings. The molecule has 0 spiro atoms. The molecule has 0 saturated carbocycles. The summed E-state index contributed by atoms with van der Waals surface area (Å²) in [6, 6.07) is 8.72. The lowest BCUT2D eigenvalue weighted by Gasteiger charge is -2.40. The first-order valence-corrected chi connectivity index (χ1v) is 7.24. The molecule has 0 aliphatic carbocycles. The van der Waals surface area contributed by atoms with Crippen LogP contribution in [-0.2, 0) is 0 Å². The van der Waals surface area contributed by atoms with Crippen molar-refractivity contribution in [1.82, 2.24) is 4.90 Å². The van der Waals surface area contributed by atoms with Crippen LogP contribution in [0.4, 0.5) is 5.69 Å². The summed E-state index contributed by atoms with van der Waals surface area (Å²) in [6.45, 7) is 7.40. The lowest BCUT2D eigenvalue weighted by Crippen LogP contribution is -2.51. The van der Waals surface area contributed by atoms with Crippen molar-refractivity contribution in [3.63, 3.8) is 0 Å². The van der Waals surface area contributed by atoms with Crippen molar-refractivity contribution in [2.45, 2.75) is 32.7 Å². The summed E-state index contributed by atoms with van der Waals surface area (Å²) in [5.74, 6) is 0.219. The average molecular weight is 260 g/mol. The molecule has 1 saturated heterocycles. The zero-order valence-electron chi connectivity index (χ0n) is 12.2. The van der Waals surface area contributed by atoms with Gasteiger partial charge in [0, 0.05) is 43.3 Å². The molecule has 1 aliphatic heterocycles. The van der Waals surface area contributed by atoms with Crippen molar-refractivity contribution >= 4 is 11.5 Å². The fourth-order valence-electron chi connectivity index (χ4n) is 2.68. The highest BCUT2D eigenvalue weighted by Gasteiger charge is 2.22. The fraction of sp³-hybridized carbons (Fsp3) is 0.562. The molecule has 3 heteroatoms. The smallest absolute Gasteiger partial charge is 0.162 e. The number of hydrogen-bond donors (Lipinski definition) is 0. The summed E-state index contributed by atoms with van der Waals surface area (Å²) >= 11 is 0. The molecule has 0 radical (unpaired) electrons. The van der Waals surface area contributed by atoms with Crippen molar-refractivity contribution in [1.29, 1.82) is 0 Å². The summed E-state index contributed by atoms with van der Waals surface area (Å²) < 4.78 is 0. The van der Waals surface area contributed by atoms with Gasteiger partial charge in [-0.3, -0.25) is 9.69 Å². The fourth-order valence-corrected chi connectivity index (χ4v) is 2.68. The third-order valence-corrected chi connectivity index (χ3v) is 4.12. The van der Waals surface area contributed by atoms with Gasteiger partial charge >= 0.3 is 0 Å². The first-order chi connectivity index (χ1) is 9.15. The van der Waals surface area contributed by atoms with Crippen molar-refractivity contribution in [3.8, 4) is 0 Å². The van der Waals surface area contributed by atoms with Crippen molar-refractivity contribution in [2.75, 3.05) is 31.6 Å². The van der Waals surface area contributed by atoms with Crippen LogP contribution in [0.5, 0.6) is 0 Å². The molecular formula is C16H24N2O. The zero-order valence-corrected chi connectivity index (χ0v) is 12.2. The number of hydrogen-bond acceptors (Lipinski definition) is 3. The number of benzene rings is 1. The number of anilines is 1. The van der Waals surface area contributed by atoms with Crippen LogP contribution in [0.25, 0.3) is 0 Å². The third kappa shape index (κ3) is 3.16. The maximum absolute atomic E-state index is 11.6. The Balaban J connectivity index is 2.08. The molecule has 0 bridgehead atoms. The number of ketones is 1. The molecule has 3 nitrogen and oxygen atoms in total. The highest BCUT2D eigenvalue weighted by Crippen LogP contribution is 2.20. The molecule has 1 aliphatic rings. The zero-order chi connectivity index (χ0) is 13.8. The van der Waals surface area contributed by atoms with E-state index in [0.717, 1.165) is 25.2 Å². The molecule has 1 heterocycles. The Morgan fingerprint density at radius 3 is 2.47 bits per heavy atom. The minimum atomic E-state index is 0.219. The maximum atomic E-state index is 11.6. The summed E-state index contributed by atoms with van der Waals surface area (Å²) in [4.78, 5) is 16.5. The number of likely N-dealkylation sites (N-methyl/N-ethyl adjacent to an activating group) is 1. The minimum Gasteiger partial charge on any atom is -0.369 e. The minimum absolute atomic E-state index is 0.219. The quantitative estimate of drug-likeness (QED) is 0.778. The van der Waals surface area contributed by atoms with Crippen molar-refractivity contribution in [3.05, 3.63) is 29.8 Å². The number of piperazine rings is 1. The molecule has 1 unspecified atom stereocenters. The van der Waals surface area contributed by atoms with Gasteiger partial charge in [0.05, 0.1) is 0 Å². The van der Waals surface area contributed by atoms with Crippen LogP contribution in [0.2, 0.25) is 0 Å². The first-order valence-electron chi connectivity index (χ1n) is 7.24. The standard InChI is InChI=1S/C16H24N2O/c1-4-14-12-18(11-10-17(14)3)15-8-6-13(7-9-15)16(19)5-2/h6-9,14H,4-5,10-12H2,1-3H3. The van der Waals surface area contributed by atoms with Crippen LogP contribution < -0.4 is 4.90 Å². The second kappa shape index (κ2) is 6.20. The Morgan fingerprint density at radius 1 is 1.21 bits per heavy atom. The normalized spacial score (nSPS) is 20.6. The van der Waals surface area contributed by atoms with E-state index in [1.807, 2.05) is 19.1 Å². The van der Waals surface area contributed by atoms with Crippen molar-refractivity contribution in [2.24, 2.45) is 0 Å². The van der Waals surface area contributed by atoms with Gasteiger partial charge in [-0.2, -0.15) is 0 Å². The summed E-state index contributed by atoms with van der Waals surface area (Å²) in [5, 5.41) is 0. The Morgan fingerprint density at radius 2 is 1.89 bits per heavy atom.